The summed E-state index contributed by atoms with van der Waals surface area (Å²) in [6.45, 7) is 4.11. The molecule has 0 bridgehead atoms. The summed E-state index contributed by atoms with van der Waals surface area (Å²) in [6, 6.07) is 28.3. The molecule has 0 saturated heterocycles. The van der Waals surface area contributed by atoms with E-state index in [0.717, 1.165) is 13.1 Å². The molecule has 1 atom stereocenters. The fourth-order valence-corrected chi connectivity index (χ4v) is 4.37. The maximum absolute atomic E-state index is 3.66. The second-order valence-electron chi connectivity index (χ2n) is 6.28. The van der Waals surface area contributed by atoms with Crippen LogP contribution in [0.3, 0.4) is 0 Å². The maximum atomic E-state index is 3.66. The molecule has 1 heterocycles. The molecule has 0 aromatic heterocycles. The van der Waals surface area contributed by atoms with E-state index in [1.54, 1.807) is 0 Å². The number of benzene rings is 3. The summed E-state index contributed by atoms with van der Waals surface area (Å²) < 4.78 is 0. The van der Waals surface area contributed by atoms with E-state index < -0.39 is 0 Å². The molecule has 0 radical (unpaired) electrons. The first-order valence-corrected chi connectivity index (χ1v) is 9.56. The minimum absolute atomic E-state index is 0.353. The molecule has 3 aromatic carbocycles. The smallest absolute Gasteiger partial charge is 0.0553 e. The Bertz CT molecular complexity index is 802. The third kappa shape index (κ3) is 3.44. The summed E-state index contributed by atoms with van der Waals surface area (Å²) in [5.74, 6) is 0. The van der Waals surface area contributed by atoms with Crippen molar-refractivity contribution in [1.82, 2.24) is 5.32 Å². The van der Waals surface area contributed by atoms with Crippen LogP contribution in [0.1, 0.15) is 18.5 Å². The van der Waals surface area contributed by atoms with E-state index in [9.17, 15) is 0 Å². The molecule has 4 rings (SSSR count). The summed E-state index contributed by atoms with van der Waals surface area (Å²) in [5.41, 5.74) is 3.94. The Kier molecular flexibility index (Phi) is 4.77. The first-order chi connectivity index (χ1) is 12.3. The van der Waals surface area contributed by atoms with Crippen LogP contribution in [0.15, 0.2) is 88.7 Å². The third-order valence-electron chi connectivity index (χ3n) is 4.62. The molecule has 25 heavy (non-hydrogen) atoms. The average Bonchev–Trinajstić information content (AvgIpc) is 2.68. The normalized spacial score (nSPS) is 13.9. The Morgan fingerprint density at radius 2 is 1.36 bits per heavy atom. The van der Waals surface area contributed by atoms with Crippen LogP contribution in [0.5, 0.6) is 0 Å². The Labute approximate surface area is 153 Å². The van der Waals surface area contributed by atoms with Crippen molar-refractivity contribution in [3.63, 3.8) is 0 Å². The van der Waals surface area contributed by atoms with Gasteiger partial charge >= 0.3 is 0 Å². The van der Waals surface area contributed by atoms with Gasteiger partial charge in [0, 0.05) is 28.9 Å². The van der Waals surface area contributed by atoms with E-state index in [2.05, 4.69) is 96.0 Å². The topological polar surface area (TPSA) is 15.3 Å². The molecule has 0 aliphatic carbocycles. The minimum atomic E-state index is 0.353. The Balaban J connectivity index is 1.51. The van der Waals surface area contributed by atoms with Crippen LogP contribution in [-0.4, -0.2) is 13.1 Å². The zero-order valence-corrected chi connectivity index (χ0v) is 15.2. The van der Waals surface area contributed by atoms with Crippen molar-refractivity contribution in [3.8, 4) is 0 Å². The maximum Gasteiger partial charge on any atom is 0.0553 e. The molecule has 0 saturated carbocycles. The van der Waals surface area contributed by atoms with Gasteiger partial charge in [0.2, 0.25) is 0 Å². The van der Waals surface area contributed by atoms with Crippen LogP contribution < -0.4 is 10.2 Å². The van der Waals surface area contributed by atoms with Gasteiger partial charge in [0.25, 0.3) is 0 Å². The SMILES string of the molecule is C[C@@H](NCCN1c2ccccc2Sc2ccccc21)c1ccccc1. The van der Waals surface area contributed by atoms with E-state index in [4.69, 9.17) is 0 Å². The fourth-order valence-electron chi connectivity index (χ4n) is 3.27. The Morgan fingerprint density at radius 1 is 0.800 bits per heavy atom. The second kappa shape index (κ2) is 7.34. The molecule has 1 aliphatic rings. The zero-order chi connectivity index (χ0) is 17.1. The predicted octanol–water partition coefficient (Wildman–Crippen LogP) is 5.64. The van der Waals surface area contributed by atoms with Crippen molar-refractivity contribution >= 4 is 23.1 Å². The van der Waals surface area contributed by atoms with E-state index in [1.807, 2.05) is 11.8 Å². The lowest BCUT2D eigenvalue weighted by Gasteiger charge is -2.33. The number of nitrogens with zero attached hydrogens (tertiary/aromatic N) is 1. The quantitative estimate of drug-likeness (QED) is 0.643. The summed E-state index contributed by atoms with van der Waals surface area (Å²) in [7, 11) is 0. The number of nitrogens with one attached hydrogen (secondary N) is 1. The van der Waals surface area contributed by atoms with Crippen LogP contribution in [0.2, 0.25) is 0 Å². The van der Waals surface area contributed by atoms with Gasteiger partial charge in [-0.2, -0.15) is 0 Å². The van der Waals surface area contributed by atoms with Gasteiger partial charge in [0.05, 0.1) is 11.4 Å². The highest BCUT2D eigenvalue weighted by Crippen LogP contribution is 2.47. The summed E-state index contributed by atoms with van der Waals surface area (Å²) in [4.78, 5) is 5.10. The summed E-state index contributed by atoms with van der Waals surface area (Å²) in [6.07, 6.45) is 0. The lowest BCUT2D eigenvalue weighted by atomic mass is 10.1. The molecule has 1 aliphatic heterocycles. The number of hydrogen-bond acceptors (Lipinski definition) is 3. The summed E-state index contributed by atoms with van der Waals surface area (Å²) in [5, 5.41) is 3.66. The highest BCUT2D eigenvalue weighted by molar-refractivity contribution is 7.99. The summed E-state index contributed by atoms with van der Waals surface area (Å²) >= 11 is 1.86. The molecular weight excluding hydrogens is 324 g/mol. The number of fused-ring (bicyclic) bond motifs is 2. The largest absolute Gasteiger partial charge is 0.338 e. The molecule has 0 unspecified atom stereocenters. The molecule has 126 valence electrons. The first-order valence-electron chi connectivity index (χ1n) is 8.75. The van der Waals surface area contributed by atoms with E-state index in [1.165, 1.54) is 26.7 Å². The Hall–Kier alpha value is -2.23. The molecule has 3 aromatic rings. The number of anilines is 2. The molecule has 0 amide bonds. The minimum Gasteiger partial charge on any atom is -0.338 e. The van der Waals surface area contributed by atoms with E-state index in [-0.39, 0.29) is 0 Å². The molecule has 1 N–H and O–H groups in total. The lowest BCUT2D eigenvalue weighted by molar-refractivity contribution is 0.578. The Morgan fingerprint density at radius 3 is 2.00 bits per heavy atom. The average molecular weight is 346 g/mol. The number of para-hydroxylation sites is 2. The van der Waals surface area contributed by atoms with Gasteiger partial charge in [-0.15, -0.1) is 0 Å². The van der Waals surface area contributed by atoms with Gasteiger partial charge in [-0.25, -0.2) is 0 Å². The van der Waals surface area contributed by atoms with Crippen molar-refractivity contribution in [2.45, 2.75) is 22.8 Å². The van der Waals surface area contributed by atoms with Gasteiger partial charge in [-0.1, -0.05) is 66.4 Å². The molecule has 0 spiro atoms. The third-order valence-corrected chi connectivity index (χ3v) is 5.75. The monoisotopic (exact) mass is 346 g/mol. The van der Waals surface area contributed by atoms with Crippen molar-refractivity contribution in [1.29, 1.82) is 0 Å². The van der Waals surface area contributed by atoms with E-state index >= 15 is 0 Å². The van der Waals surface area contributed by atoms with Crippen molar-refractivity contribution in [2.75, 3.05) is 18.0 Å². The van der Waals surface area contributed by atoms with Crippen molar-refractivity contribution in [3.05, 3.63) is 84.4 Å². The van der Waals surface area contributed by atoms with Gasteiger partial charge < -0.3 is 10.2 Å². The fraction of sp³-hybridized carbons (Fsp3) is 0.182. The second-order valence-corrected chi connectivity index (χ2v) is 7.36. The van der Waals surface area contributed by atoms with Gasteiger partial charge in [0.1, 0.15) is 0 Å². The molecule has 0 fully saturated rings. The van der Waals surface area contributed by atoms with Crippen molar-refractivity contribution in [2.24, 2.45) is 0 Å². The predicted molar refractivity (Wildman–Crippen MR) is 107 cm³/mol. The van der Waals surface area contributed by atoms with Crippen LogP contribution in [0, 0.1) is 0 Å². The van der Waals surface area contributed by atoms with E-state index in [0.29, 0.717) is 6.04 Å². The molecule has 3 heteroatoms. The standard InChI is InChI=1S/C22H22N2S/c1-17(18-9-3-2-4-10-18)23-15-16-24-19-11-5-7-13-21(19)25-22-14-8-6-12-20(22)24/h2-14,17,23H,15-16H2,1H3/t17-/m1/s1. The van der Waals surface area contributed by atoms with Crippen LogP contribution >= 0.6 is 11.8 Å². The van der Waals surface area contributed by atoms with Gasteiger partial charge in [-0.3, -0.25) is 0 Å². The number of hydrogen-bond donors (Lipinski definition) is 1. The van der Waals surface area contributed by atoms with Crippen molar-refractivity contribution < 1.29 is 0 Å². The van der Waals surface area contributed by atoms with Crippen LogP contribution in [-0.2, 0) is 0 Å². The molecular formula is C22H22N2S. The number of rotatable bonds is 5. The lowest BCUT2D eigenvalue weighted by Crippen LogP contribution is -2.31. The molecule has 2 nitrogen and oxygen atoms in total. The first kappa shape index (κ1) is 16.2. The highest BCUT2D eigenvalue weighted by Gasteiger charge is 2.22. The van der Waals surface area contributed by atoms with Gasteiger partial charge in [-0.05, 0) is 36.8 Å². The highest BCUT2D eigenvalue weighted by atomic mass is 32.2. The zero-order valence-electron chi connectivity index (χ0n) is 14.4. The van der Waals surface area contributed by atoms with Gasteiger partial charge in [0.15, 0.2) is 0 Å². The van der Waals surface area contributed by atoms with Crippen LogP contribution in [0.4, 0.5) is 11.4 Å². The van der Waals surface area contributed by atoms with Crippen LogP contribution in [0.25, 0.3) is 0 Å².